The van der Waals surface area contributed by atoms with E-state index in [0.29, 0.717) is 0 Å². The second-order valence-corrected chi connectivity index (χ2v) is 3.30. The summed E-state index contributed by atoms with van der Waals surface area (Å²) in [5.41, 5.74) is 6.98. The fourth-order valence-electron chi connectivity index (χ4n) is 1.55. The van der Waals surface area contributed by atoms with E-state index in [2.05, 4.69) is 4.99 Å². The van der Waals surface area contributed by atoms with Crippen LogP contribution in [0, 0.1) is 0 Å². The molecule has 0 saturated carbocycles. The maximum absolute atomic E-state index is 10.6. The van der Waals surface area contributed by atoms with Gasteiger partial charge < -0.3 is 10.8 Å². The van der Waals surface area contributed by atoms with Crippen LogP contribution in [-0.4, -0.2) is 11.1 Å². The zero-order chi connectivity index (χ0) is 10.8. The second kappa shape index (κ2) is 3.57. The Morgan fingerprint density at radius 1 is 1.53 bits per heavy atom. The molecule has 0 amide bonds. The van der Waals surface area contributed by atoms with Crippen LogP contribution in [0.3, 0.4) is 0 Å². The van der Waals surface area contributed by atoms with Gasteiger partial charge in [0.1, 0.15) is 0 Å². The third-order valence-electron chi connectivity index (χ3n) is 2.26. The largest absolute Gasteiger partial charge is 0.481 e. The Morgan fingerprint density at radius 2 is 2.33 bits per heavy atom. The van der Waals surface area contributed by atoms with Gasteiger partial charge in [-0.2, -0.15) is 0 Å². The molecule has 0 spiro atoms. The molecule has 15 heavy (non-hydrogen) atoms. The number of nitrogens with zero attached hydrogens (tertiary/aromatic N) is 1. The third kappa shape index (κ3) is 1.74. The molecule has 0 fully saturated rings. The molecule has 0 bridgehead atoms. The van der Waals surface area contributed by atoms with Gasteiger partial charge in [0, 0.05) is 18.0 Å². The van der Waals surface area contributed by atoms with E-state index in [1.807, 2.05) is 18.2 Å². The number of carboxylic acid groups (broad SMARTS) is 1. The molecule has 2 rings (SSSR count). The van der Waals surface area contributed by atoms with Gasteiger partial charge in [-0.3, -0.25) is 9.79 Å². The van der Waals surface area contributed by atoms with E-state index in [-0.39, 0.29) is 6.42 Å². The van der Waals surface area contributed by atoms with E-state index in [0.717, 1.165) is 21.7 Å². The number of hydrogen-bond acceptors (Lipinski definition) is 3. The van der Waals surface area contributed by atoms with E-state index in [1.165, 1.54) is 6.20 Å². The molecule has 0 radical (unpaired) electrons. The monoisotopic (exact) mass is 202 g/mol. The highest BCUT2D eigenvalue weighted by Crippen LogP contribution is 2.16. The van der Waals surface area contributed by atoms with Crippen LogP contribution >= 0.6 is 0 Å². The Kier molecular flexibility index (Phi) is 2.25. The highest BCUT2D eigenvalue weighted by atomic mass is 16.4. The lowest BCUT2D eigenvalue weighted by molar-refractivity contribution is -0.135. The van der Waals surface area contributed by atoms with Crippen LogP contribution in [0.4, 0.5) is 0 Å². The minimum atomic E-state index is -0.855. The van der Waals surface area contributed by atoms with Crippen molar-refractivity contribution in [2.24, 2.45) is 10.7 Å². The van der Waals surface area contributed by atoms with E-state index in [4.69, 9.17) is 10.8 Å². The number of hydrogen-bond donors (Lipinski definition) is 2. The van der Waals surface area contributed by atoms with Crippen molar-refractivity contribution in [2.75, 3.05) is 0 Å². The van der Waals surface area contributed by atoms with Crippen molar-refractivity contribution in [3.05, 3.63) is 40.5 Å². The molecular formula is C11H10N2O2. The minimum absolute atomic E-state index is 0.00940. The first-order valence-electron chi connectivity index (χ1n) is 4.52. The summed E-state index contributed by atoms with van der Waals surface area (Å²) in [7, 11) is 0. The summed E-state index contributed by atoms with van der Waals surface area (Å²) < 4.78 is 0. The molecule has 0 saturated heterocycles. The highest BCUT2D eigenvalue weighted by Gasteiger charge is 2.12. The van der Waals surface area contributed by atoms with Crippen molar-refractivity contribution in [1.82, 2.24) is 0 Å². The van der Waals surface area contributed by atoms with Gasteiger partial charge in [-0.05, 0) is 22.9 Å². The first-order chi connectivity index (χ1) is 7.20. The molecule has 4 nitrogen and oxygen atoms in total. The van der Waals surface area contributed by atoms with Crippen molar-refractivity contribution in [3.63, 3.8) is 0 Å². The van der Waals surface area contributed by atoms with Gasteiger partial charge in [-0.1, -0.05) is 6.07 Å². The summed E-state index contributed by atoms with van der Waals surface area (Å²) >= 11 is 0. The summed E-state index contributed by atoms with van der Waals surface area (Å²) in [5.74, 6) is -0.855. The lowest BCUT2D eigenvalue weighted by Gasteiger charge is -1.99. The van der Waals surface area contributed by atoms with Crippen molar-refractivity contribution < 1.29 is 9.90 Å². The van der Waals surface area contributed by atoms with E-state index in [9.17, 15) is 4.79 Å². The van der Waals surface area contributed by atoms with Crippen molar-refractivity contribution in [2.45, 2.75) is 6.42 Å². The average molecular weight is 202 g/mol. The van der Waals surface area contributed by atoms with Gasteiger partial charge in [-0.25, -0.2) is 0 Å². The normalized spacial score (nSPS) is 14.4. The van der Waals surface area contributed by atoms with Crippen LogP contribution in [0.25, 0.3) is 11.8 Å². The Bertz CT molecular complexity index is 558. The summed E-state index contributed by atoms with van der Waals surface area (Å²) in [4.78, 5) is 14.7. The van der Waals surface area contributed by atoms with Gasteiger partial charge in [0.05, 0.1) is 11.8 Å². The van der Waals surface area contributed by atoms with Gasteiger partial charge in [0.15, 0.2) is 0 Å². The highest BCUT2D eigenvalue weighted by molar-refractivity contribution is 5.84. The molecule has 1 aliphatic heterocycles. The summed E-state index contributed by atoms with van der Waals surface area (Å²) in [6.07, 6.45) is 3.07. The SMILES string of the molecule is NC=c1ccc2c(c1)C(CC(=O)O)=CN=2. The minimum Gasteiger partial charge on any atom is -0.481 e. The predicted octanol–water partition coefficient (Wildman–Crippen LogP) is -0.168. The molecule has 76 valence electrons. The van der Waals surface area contributed by atoms with Gasteiger partial charge in [0.25, 0.3) is 0 Å². The molecule has 1 aromatic carbocycles. The quantitative estimate of drug-likeness (QED) is 0.699. The topological polar surface area (TPSA) is 75.7 Å². The molecule has 0 aliphatic carbocycles. The predicted molar refractivity (Wildman–Crippen MR) is 56.1 cm³/mol. The van der Waals surface area contributed by atoms with Crippen LogP contribution in [0.5, 0.6) is 0 Å². The first-order valence-corrected chi connectivity index (χ1v) is 4.52. The van der Waals surface area contributed by atoms with Crippen LogP contribution in [0.15, 0.2) is 29.4 Å². The van der Waals surface area contributed by atoms with E-state index >= 15 is 0 Å². The molecule has 4 heteroatoms. The van der Waals surface area contributed by atoms with E-state index < -0.39 is 5.97 Å². The Morgan fingerprint density at radius 3 is 3.00 bits per heavy atom. The van der Waals surface area contributed by atoms with Crippen molar-refractivity contribution in [3.8, 4) is 0 Å². The van der Waals surface area contributed by atoms with Crippen molar-refractivity contribution in [1.29, 1.82) is 0 Å². The number of nitrogens with two attached hydrogens (primary N) is 1. The fourth-order valence-corrected chi connectivity index (χ4v) is 1.55. The summed E-state index contributed by atoms with van der Waals surface area (Å²) in [5, 5.41) is 10.4. The Labute approximate surface area is 86.1 Å². The maximum Gasteiger partial charge on any atom is 0.307 e. The Balaban J connectivity index is 2.47. The number of aliphatic carboxylic acids is 1. The zero-order valence-electron chi connectivity index (χ0n) is 7.97. The molecule has 1 aromatic rings. The van der Waals surface area contributed by atoms with Crippen LogP contribution in [-0.2, 0) is 4.79 Å². The molecule has 0 aromatic heterocycles. The molecule has 3 N–H and O–H groups in total. The summed E-state index contributed by atoms with van der Waals surface area (Å²) in [6.45, 7) is 0. The van der Waals surface area contributed by atoms with Gasteiger partial charge in [-0.15, -0.1) is 0 Å². The molecule has 0 unspecified atom stereocenters. The van der Waals surface area contributed by atoms with Crippen LogP contribution in [0.2, 0.25) is 0 Å². The van der Waals surface area contributed by atoms with Crippen LogP contribution in [0.1, 0.15) is 12.0 Å². The van der Waals surface area contributed by atoms with Gasteiger partial charge in [0.2, 0.25) is 0 Å². The number of carbonyl (C=O) groups is 1. The molecule has 1 aliphatic rings. The second-order valence-electron chi connectivity index (χ2n) is 3.30. The molecule has 1 heterocycles. The molecular weight excluding hydrogens is 192 g/mol. The van der Waals surface area contributed by atoms with E-state index in [1.54, 1.807) is 6.20 Å². The molecule has 0 atom stereocenters. The standard InChI is InChI=1S/C11H10N2O2/c12-5-7-1-2-10-9(3-7)8(6-13-10)4-11(14)15/h1-3,5-6H,4,12H2,(H,14,15). The Hall–Kier alpha value is -2.10. The first kappa shape index (κ1) is 9.45. The maximum atomic E-state index is 10.6. The number of rotatable bonds is 2. The van der Waals surface area contributed by atoms with Crippen LogP contribution < -0.4 is 16.3 Å². The lowest BCUT2D eigenvalue weighted by atomic mass is 10.0. The number of benzene rings is 1. The third-order valence-corrected chi connectivity index (χ3v) is 2.26. The zero-order valence-corrected chi connectivity index (χ0v) is 7.97. The smallest absolute Gasteiger partial charge is 0.307 e. The average Bonchev–Trinajstić information content (AvgIpc) is 2.60. The summed E-state index contributed by atoms with van der Waals surface area (Å²) in [6, 6.07) is 5.53. The van der Waals surface area contributed by atoms with Crippen molar-refractivity contribution >= 4 is 17.7 Å². The number of fused-ring (bicyclic) bond motifs is 1. The number of carboxylic acids is 1. The fraction of sp³-hybridized carbons (Fsp3) is 0.0909. The lowest BCUT2D eigenvalue weighted by Crippen LogP contribution is -2.13. The van der Waals surface area contributed by atoms with Gasteiger partial charge >= 0.3 is 5.97 Å².